The molecule has 3 aromatic heterocycles. The fourth-order valence-electron chi connectivity index (χ4n) is 16.6. The highest BCUT2D eigenvalue weighted by molar-refractivity contribution is 6.04. The third-order valence-electron chi connectivity index (χ3n) is 22.9. The van der Waals surface area contributed by atoms with Crippen molar-refractivity contribution in [2.24, 2.45) is 0 Å². The lowest BCUT2D eigenvalue weighted by Crippen LogP contribution is -2.37. The van der Waals surface area contributed by atoms with Gasteiger partial charge < -0.3 is 56.3 Å². The minimum absolute atomic E-state index is 0.00986. The van der Waals surface area contributed by atoms with Crippen LogP contribution >= 0.6 is 0 Å². The molecular formula is C99H90F9N9O11. The van der Waals surface area contributed by atoms with E-state index < -0.39 is 89.4 Å². The van der Waals surface area contributed by atoms with Crippen molar-refractivity contribution >= 4 is 85.5 Å². The molecule has 0 saturated carbocycles. The molecule has 20 nitrogen and oxygen atoms in total. The molecule has 128 heavy (non-hydrogen) atoms. The monoisotopic (exact) mass is 1750 g/mol. The lowest BCUT2D eigenvalue weighted by atomic mass is 9.85. The van der Waals surface area contributed by atoms with Gasteiger partial charge in [0.2, 0.25) is 35.4 Å². The summed E-state index contributed by atoms with van der Waals surface area (Å²) in [6.07, 6.45) is -5.37. The predicted octanol–water partition coefficient (Wildman–Crippen LogP) is 17.2. The van der Waals surface area contributed by atoms with E-state index in [0.29, 0.717) is 86.4 Å². The van der Waals surface area contributed by atoms with E-state index in [1.807, 2.05) is 116 Å². The van der Waals surface area contributed by atoms with E-state index in [9.17, 15) is 82.7 Å². The van der Waals surface area contributed by atoms with Crippen molar-refractivity contribution in [3.05, 3.63) is 340 Å². The number of halogens is 9. The number of aryl methyl sites for hydroxylation is 2. The molecule has 0 fully saturated rings. The second-order valence-corrected chi connectivity index (χ2v) is 31.9. The maximum atomic E-state index is 14.9. The summed E-state index contributed by atoms with van der Waals surface area (Å²) in [6, 6.07) is 45.6. The predicted molar refractivity (Wildman–Crippen MR) is 463 cm³/mol. The van der Waals surface area contributed by atoms with Gasteiger partial charge in [0.05, 0.1) is 74.8 Å². The van der Waals surface area contributed by atoms with Gasteiger partial charge in [0.25, 0.3) is 0 Å². The van der Waals surface area contributed by atoms with Crippen LogP contribution in [0.1, 0.15) is 147 Å². The molecule has 6 heterocycles. The molecular weight excluding hydrogens is 1660 g/mol. The van der Waals surface area contributed by atoms with E-state index in [0.717, 1.165) is 72.2 Å². The standard InChI is InChI=1S/C33H26F7N3O3.C33H32FN3O5.C33H32FN3O3/c1-17-11-29(46)43-31(30(17)27(44)13-18-5-8-26-19(12-18)9-10-41-26)20-6-7-25(34)21(14-20)15-28(45)42-16-22-23(32(35,36)37)3-2-4-24(22)33(38,39)40;1-19-13-31(40)37-33(32(19)27(38)15-20-7-10-26-21(14-20)11-12-35-26)22-8-9-25(34)23(16-22)17-30(39)36-18-24-28(41-2)5-4-6-29(24)42-3;1-19-5-4-6-20(2)26(19)18-36-30(39)17-25-16-24(8-9-27(25)34)33-32(21(3)13-31(40)37-33)29(38)15-22-7-10-28-23(14-22)11-12-35-28/h2-10,12,14,31,41H,11,13,15-16H2,1H3,(H,42,45)(H,43,46);4-12,14,16,33,35H,13,15,17-18H2,1-3H3,(H,36,39)(H,37,40);4-12,14,16,33,35H,13,15,17-18H2,1-3H3,(H,36,39)(H,37,40). The summed E-state index contributed by atoms with van der Waals surface area (Å²) in [7, 11) is 3.06. The lowest BCUT2D eigenvalue weighted by Gasteiger charge is -2.28. The van der Waals surface area contributed by atoms with Gasteiger partial charge >= 0.3 is 12.4 Å². The minimum Gasteiger partial charge on any atom is -0.496 e. The first kappa shape index (κ1) is 91.3. The van der Waals surface area contributed by atoms with E-state index in [1.54, 1.807) is 75.5 Å². The Morgan fingerprint density at radius 2 is 0.672 bits per heavy atom. The van der Waals surface area contributed by atoms with Crippen molar-refractivity contribution in [2.75, 3.05) is 14.2 Å². The van der Waals surface area contributed by atoms with Crippen LogP contribution in [0.3, 0.4) is 0 Å². The van der Waals surface area contributed by atoms with Gasteiger partial charge in [-0.05, 0) is 238 Å². The largest absolute Gasteiger partial charge is 0.496 e. The number of hydrogen-bond acceptors (Lipinski definition) is 11. The number of benzene rings is 9. The molecule has 3 aliphatic rings. The number of amides is 6. The molecule has 6 amide bonds. The molecule has 0 bridgehead atoms. The molecule has 9 N–H and O–H groups in total. The van der Waals surface area contributed by atoms with Crippen LogP contribution in [0.4, 0.5) is 39.5 Å². The van der Waals surface area contributed by atoms with Gasteiger partial charge in [-0.25, -0.2) is 13.2 Å². The van der Waals surface area contributed by atoms with E-state index in [1.165, 1.54) is 38.5 Å². The molecule has 12 aromatic rings. The first-order valence-electron chi connectivity index (χ1n) is 41.0. The van der Waals surface area contributed by atoms with Gasteiger partial charge in [0.1, 0.15) is 29.0 Å². The molecule has 0 radical (unpaired) electrons. The summed E-state index contributed by atoms with van der Waals surface area (Å²) in [5.41, 5.74) is 9.51. The van der Waals surface area contributed by atoms with Crippen LogP contribution in [0.5, 0.6) is 11.5 Å². The molecule has 0 saturated heterocycles. The number of rotatable bonds is 26. The number of nitrogens with one attached hydrogen (secondary N) is 9. The zero-order valence-electron chi connectivity index (χ0n) is 70.7. The van der Waals surface area contributed by atoms with E-state index in [2.05, 4.69) is 41.5 Å². The Hall–Kier alpha value is -14.4. The van der Waals surface area contributed by atoms with Gasteiger partial charge in [-0.1, -0.05) is 83.4 Å². The topological polar surface area (TPSA) is 292 Å². The van der Waals surface area contributed by atoms with E-state index in [4.69, 9.17) is 9.47 Å². The smallest absolute Gasteiger partial charge is 0.416 e. The molecule has 3 aliphatic heterocycles. The van der Waals surface area contributed by atoms with Crippen LogP contribution in [0, 0.1) is 31.3 Å². The van der Waals surface area contributed by atoms with Crippen LogP contribution < -0.4 is 41.4 Å². The van der Waals surface area contributed by atoms with Crippen LogP contribution in [0.15, 0.2) is 234 Å². The number of H-pyrrole nitrogens is 3. The van der Waals surface area contributed by atoms with Gasteiger partial charge in [-0.15, -0.1) is 0 Å². The van der Waals surface area contributed by atoms with Crippen molar-refractivity contribution in [3.63, 3.8) is 0 Å². The average molecular weight is 1750 g/mol. The van der Waals surface area contributed by atoms with Crippen molar-refractivity contribution in [3.8, 4) is 11.5 Å². The van der Waals surface area contributed by atoms with Crippen LogP contribution in [0.2, 0.25) is 0 Å². The fourth-order valence-corrected chi connectivity index (χ4v) is 16.6. The third-order valence-corrected chi connectivity index (χ3v) is 22.9. The molecule has 3 atom stereocenters. The highest BCUT2D eigenvalue weighted by Crippen LogP contribution is 2.42. The minimum atomic E-state index is -5.12. The molecule has 29 heteroatoms. The van der Waals surface area contributed by atoms with Gasteiger partial charge in [-0.3, -0.25) is 43.2 Å². The summed E-state index contributed by atoms with van der Waals surface area (Å²) in [5.74, 6) is -3.92. The molecule has 15 rings (SSSR count). The summed E-state index contributed by atoms with van der Waals surface area (Å²) in [4.78, 5) is 126. The van der Waals surface area contributed by atoms with Gasteiger partial charge in [-0.2, -0.15) is 26.3 Å². The SMILES string of the molecule is CC1=C(C(=O)Cc2ccc3[nH]ccc3c2)C(c2ccc(F)c(CC(=O)NCc3c(C(F)(F)F)cccc3C(F)(F)F)c2)NC(=O)C1.CC1=C(C(=O)Cc2ccc3[nH]ccc3c2)C(c2ccc(F)c(CC(=O)NCc3c(C)cccc3C)c2)NC(=O)C1.COc1cccc(OC)c1CNC(=O)Cc1cc(C2NC(=O)CC(C)=C2C(=O)Cc2ccc3[nH]ccc3c2)ccc1F. The van der Waals surface area contributed by atoms with Crippen molar-refractivity contribution in [1.82, 2.24) is 46.9 Å². The maximum Gasteiger partial charge on any atom is 0.416 e. The number of fused-ring (bicyclic) bond motifs is 3. The Kier molecular flexibility index (Phi) is 28.1. The number of ether oxygens (including phenoxy) is 2. The zero-order chi connectivity index (χ0) is 91.6. The molecule has 3 unspecified atom stereocenters. The summed E-state index contributed by atoms with van der Waals surface area (Å²) in [5, 5.41) is 19.2. The van der Waals surface area contributed by atoms with E-state index >= 15 is 0 Å². The highest BCUT2D eigenvalue weighted by Gasteiger charge is 2.42. The number of carbonyl (C=O) groups excluding carboxylic acids is 9. The van der Waals surface area contributed by atoms with E-state index in [-0.39, 0.29) is 121 Å². The maximum absolute atomic E-state index is 14.9. The molecule has 660 valence electrons. The Balaban J connectivity index is 0.000000164. The van der Waals surface area contributed by atoms with Gasteiger partial charge in [0, 0.05) is 103 Å². The number of carbonyl (C=O) groups is 9. The Morgan fingerprint density at radius 3 is 0.992 bits per heavy atom. The van der Waals surface area contributed by atoms with Crippen LogP contribution in [0.25, 0.3) is 32.7 Å². The summed E-state index contributed by atoms with van der Waals surface area (Å²) in [6.45, 7) is 8.55. The van der Waals surface area contributed by atoms with Crippen LogP contribution in [-0.2, 0) is 114 Å². The Morgan fingerprint density at radius 1 is 0.367 bits per heavy atom. The normalized spacial score (nSPS) is 15.3. The number of alkyl halides is 6. The number of ketones is 3. The quantitative estimate of drug-likeness (QED) is 0.0230. The third kappa shape index (κ3) is 21.7. The fraction of sp³-hybridized carbons (Fsp3) is 0.242. The van der Waals surface area contributed by atoms with Crippen LogP contribution in [-0.4, -0.2) is 82.0 Å². The first-order chi connectivity index (χ1) is 61.1. The average Bonchev–Trinajstić information content (AvgIpc) is 1.49. The van der Waals surface area contributed by atoms with Gasteiger partial charge in [0.15, 0.2) is 17.3 Å². The van der Waals surface area contributed by atoms with Crippen molar-refractivity contribution in [1.29, 1.82) is 0 Å². The number of methoxy groups -OCH3 is 2. The van der Waals surface area contributed by atoms with Crippen molar-refractivity contribution in [2.45, 2.75) is 143 Å². The molecule has 0 spiro atoms. The first-order valence-corrected chi connectivity index (χ1v) is 41.0. The zero-order valence-corrected chi connectivity index (χ0v) is 70.7. The van der Waals surface area contributed by atoms with Crippen molar-refractivity contribution < 1.29 is 92.1 Å². The molecule has 9 aromatic carbocycles. The number of Topliss-reactive ketones (excluding diaryl/α,β-unsaturated/α-hetero) is 3. The highest BCUT2D eigenvalue weighted by atomic mass is 19.4. The summed E-state index contributed by atoms with van der Waals surface area (Å²) >= 11 is 0. The second-order valence-electron chi connectivity index (χ2n) is 31.9. The Bertz CT molecular complexity index is 6390. The number of aromatic nitrogens is 3. The summed E-state index contributed by atoms with van der Waals surface area (Å²) < 4.78 is 136. The second kappa shape index (κ2) is 39.4. The number of hydrogen-bond donors (Lipinski definition) is 9. The lowest BCUT2D eigenvalue weighted by molar-refractivity contribution is -0.145. The number of aromatic amines is 3. The Labute approximate surface area is 729 Å². The molecule has 0 aliphatic carbocycles.